The lowest BCUT2D eigenvalue weighted by atomic mass is 9.62. The highest BCUT2D eigenvalue weighted by atomic mass is 16.5. The van der Waals surface area contributed by atoms with E-state index in [4.69, 9.17) is 4.74 Å². The van der Waals surface area contributed by atoms with Gasteiger partial charge >= 0.3 is 0 Å². The van der Waals surface area contributed by atoms with Gasteiger partial charge in [-0.05, 0) is 34.2 Å². The predicted molar refractivity (Wildman–Crippen MR) is 130 cm³/mol. The molecule has 0 fully saturated rings. The zero-order chi connectivity index (χ0) is 21.5. The van der Waals surface area contributed by atoms with E-state index in [1.807, 2.05) is 60.7 Å². The lowest BCUT2D eigenvalue weighted by Gasteiger charge is -2.13. The summed E-state index contributed by atoms with van der Waals surface area (Å²) in [7, 11) is 1.33. The third-order valence-electron chi connectivity index (χ3n) is 5.50. The minimum absolute atomic E-state index is 0.316. The van der Waals surface area contributed by atoms with Crippen LogP contribution in [0.25, 0.3) is 0 Å². The van der Waals surface area contributed by atoms with Gasteiger partial charge in [0.05, 0.1) is 13.2 Å². The minimum Gasteiger partial charge on any atom is -0.509 e. The molecule has 4 aromatic carbocycles. The summed E-state index contributed by atoms with van der Waals surface area (Å²) in [6.45, 7) is 0.989. The fourth-order valence-corrected chi connectivity index (χ4v) is 3.74. The summed E-state index contributed by atoms with van der Waals surface area (Å²) in [6, 6.07) is 31.2. The van der Waals surface area contributed by atoms with Crippen LogP contribution in [0.3, 0.4) is 0 Å². The normalized spacial score (nSPS) is 10.6. The molecule has 0 saturated heterocycles. The van der Waals surface area contributed by atoms with E-state index in [1.54, 1.807) is 12.1 Å². The van der Waals surface area contributed by atoms with Gasteiger partial charge in [0.15, 0.2) is 14.6 Å². The molecule has 4 rings (SSSR count). The van der Waals surface area contributed by atoms with Crippen molar-refractivity contribution < 1.29 is 14.9 Å². The number of benzene rings is 4. The van der Waals surface area contributed by atoms with Crippen molar-refractivity contribution in [3.63, 3.8) is 0 Å². The maximum atomic E-state index is 10.1. The largest absolute Gasteiger partial charge is 0.509 e. The van der Waals surface area contributed by atoms with Crippen molar-refractivity contribution in [1.82, 2.24) is 0 Å². The van der Waals surface area contributed by atoms with Crippen LogP contribution in [0.1, 0.15) is 11.1 Å². The topological polar surface area (TPSA) is 49.7 Å². The second-order valence-corrected chi connectivity index (χ2v) is 7.64. The molecule has 0 heterocycles. The molecule has 0 aromatic heterocycles. The summed E-state index contributed by atoms with van der Waals surface area (Å²) < 4.78 is 6.10. The van der Waals surface area contributed by atoms with Crippen molar-refractivity contribution in [2.75, 3.05) is 0 Å². The lowest BCUT2D eigenvalue weighted by Crippen LogP contribution is -2.31. The Kier molecular flexibility index (Phi) is 6.75. The molecule has 0 aliphatic carbocycles. The Labute approximate surface area is 184 Å². The molecule has 0 bridgehead atoms. The van der Waals surface area contributed by atoms with Gasteiger partial charge in [-0.15, -0.1) is 0 Å². The van der Waals surface area contributed by atoms with Crippen molar-refractivity contribution in [3.8, 4) is 11.5 Å². The quantitative estimate of drug-likeness (QED) is 0.437. The third kappa shape index (κ3) is 5.39. The number of phenolic OH excluding ortho intramolecular Hbond substituents is 2. The molecule has 0 spiro atoms. The molecule has 0 amide bonds. The van der Waals surface area contributed by atoms with Gasteiger partial charge in [0.25, 0.3) is 0 Å². The molecule has 31 heavy (non-hydrogen) atoms. The molecular formula is C26H24B2O3. The van der Waals surface area contributed by atoms with Crippen LogP contribution in [-0.2, 0) is 18.0 Å². The van der Waals surface area contributed by atoms with Crippen LogP contribution < -0.4 is 21.9 Å². The van der Waals surface area contributed by atoms with Gasteiger partial charge in [-0.2, -0.15) is 0 Å². The van der Waals surface area contributed by atoms with Crippen molar-refractivity contribution in [3.05, 3.63) is 108 Å². The zero-order valence-corrected chi connectivity index (χ0v) is 17.4. The number of para-hydroxylation sites is 2. The first-order valence-corrected chi connectivity index (χ1v) is 10.5. The van der Waals surface area contributed by atoms with E-state index in [0.29, 0.717) is 39.3 Å². The molecule has 0 aliphatic heterocycles. The second kappa shape index (κ2) is 10.1. The lowest BCUT2D eigenvalue weighted by molar-refractivity contribution is 0.108. The molecule has 2 N–H and O–H groups in total. The SMILES string of the molecule is Oc1ccccc1Bc1ccccc1COCc1ccccc1Bc1ccccc1O. The Morgan fingerprint density at radius 2 is 0.839 bits per heavy atom. The second-order valence-electron chi connectivity index (χ2n) is 7.64. The van der Waals surface area contributed by atoms with E-state index >= 15 is 0 Å². The van der Waals surface area contributed by atoms with Crippen LogP contribution >= 0.6 is 0 Å². The summed E-state index contributed by atoms with van der Waals surface area (Å²) in [5.41, 5.74) is 6.33. The van der Waals surface area contributed by atoms with E-state index in [1.165, 1.54) is 0 Å². The van der Waals surface area contributed by atoms with Crippen LogP contribution in [0.2, 0.25) is 0 Å². The van der Waals surface area contributed by atoms with Gasteiger partial charge in [-0.1, -0.05) is 95.9 Å². The Hall–Kier alpha value is -3.43. The van der Waals surface area contributed by atoms with E-state index in [-0.39, 0.29) is 0 Å². The van der Waals surface area contributed by atoms with Gasteiger partial charge in [0.1, 0.15) is 11.5 Å². The zero-order valence-electron chi connectivity index (χ0n) is 17.4. The number of phenols is 2. The Morgan fingerprint density at radius 1 is 0.484 bits per heavy atom. The van der Waals surface area contributed by atoms with Gasteiger partial charge in [-0.3, -0.25) is 0 Å². The molecule has 0 unspecified atom stereocenters. The monoisotopic (exact) mass is 406 g/mol. The summed E-state index contributed by atoms with van der Waals surface area (Å²) >= 11 is 0. The smallest absolute Gasteiger partial charge is 0.197 e. The van der Waals surface area contributed by atoms with Gasteiger partial charge in [-0.25, -0.2) is 0 Å². The van der Waals surface area contributed by atoms with Crippen LogP contribution in [0.4, 0.5) is 0 Å². The van der Waals surface area contributed by atoms with Crippen LogP contribution in [-0.4, -0.2) is 24.8 Å². The summed E-state index contributed by atoms with van der Waals surface area (Å²) in [5, 5.41) is 20.2. The fourth-order valence-electron chi connectivity index (χ4n) is 3.74. The molecule has 5 heteroatoms. The van der Waals surface area contributed by atoms with Crippen molar-refractivity contribution in [1.29, 1.82) is 0 Å². The average molecular weight is 406 g/mol. The number of hydrogen-bond acceptors (Lipinski definition) is 3. The number of aromatic hydroxyl groups is 2. The van der Waals surface area contributed by atoms with Crippen molar-refractivity contribution in [2.45, 2.75) is 13.2 Å². The van der Waals surface area contributed by atoms with E-state index in [9.17, 15) is 10.2 Å². The molecule has 0 radical (unpaired) electrons. The molecule has 3 nitrogen and oxygen atoms in total. The van der Waals surface area contributed by atoms with E-state index < -0.39 is 0 Å². The first-order valence-electron chi connectivity index (χ1n) is 10.5. The number of ether oxygens (including phenoxy) is 1. The fraction of sp³-hybridized carbons (Fsp3) is 0.0769. The molecule has 0 aliphatic rings. The molecule has 4 aromatic rings. The number of hydrogen-bond donors (Lipinski definition) is 2. The highest BCUT2D eigenvalue weighted by molar-refractivity contribution is 6.69. The first kappa shape index (κ1) is 20.8. The molecule has 152 valence electrons. The van der Waals surface area contributed by atoms with Gasteiger partial charge in [0.2, 0.25) is 0 Å². The number of rotatable bonds is 8. The van der Waals surface area contributed by atoms with Crippen molar-refractivity contribution >= 4 is 36.4 Å². The third-order valence-corrected chi connectivity index (χ3v) is 5.50. The highest BCUT2D eigenvalue weighted by Crippen LogP contribution is 2.07. The first-order chi connectivity index (χ1) is 15.2. The summed E-state index contributed by atoms with van der Waals surface area (Å²) in [4.78, 5) is 0. The average Bonchev–Trinajstić information content (AvgIpc) is 2.79. The van der Waals surface area contributed by atoms with Gasteiger partial charge in [0, 0.05) is 0 Å². The Morgan fingerprint density at radius 3 is 1.26 bits per heavy atom. The summed E-state index contributed by atoms with van der Waals surface area (Å²) in [5.74, 6) is 0.632. The maximum absolute atomic E-state index is 10.1. The standard InChI is InChI=1S/C26H24B2O3/c29-25-15-7-5-13-23(25)27-21-11-3-1-9-19(21)17-31-18-20-10-2-4-12-22(20)28-24-14-6-8-16-26(24)30/h1-16,27-30H,17-18H2. The van der Waals surface area contributed by atoms with E-state index in [0.717, 1.165) is 33.0 Å². The van der Waals surface area contributed by atoms with Crippen LogP contribution in [0, 0.1) is 0 Å². The summed E-state index contributed by atoms with van der Waals surface area (Å²) in [6.07, 6.45) is 0. The Bertz CT molecular complexity index is 1070. The Balaban J connectivity index is 1.44. The molecular weight excluding hydrogens is 382 g/mol. The highest BCUT2D eigenvalue weighted by Gasteiger charge is 2.10. The van der Waals surface area contributed by atoms with Gasteiger partial charge < -0.3 is 14.9 Å². The van der Waals surface area contributed by atoms with Crippen molar-refractivity contribution in [2.24, 2.45) is 0 Å². The molecule has 0 saturated carbocycles. The van der Waals surface area contributed by atoms with Crippen LogP contribution in [0.15, 0.2) is 97.1 Å². The molecule has 0 atom stereocenters. The van der Waals surface area contributed by atoms with Crippen LogP contribution in [0.5, 0.6) is 11.5 Å². The maximum Gasteiger partial charge on any atom is 0.197 e. The van der Waals surface area contributed by atoms with E-state index in [2.05, 4.69) is 24.3 Å². The minimum atomic E-state index is 0.316. The predicted octanol–water partition coefficient (Wildman–Crippen LogP) is 1.59.